The molecule has 1 heterocycles. The van der Waals surface area contributed by atoms with E-state index in [1.54, 1.807) is 11.9 Å². The molecule has 0 atom stereocenters. The number of hydrogen-bond donors (Lipinski definition) is 0. The van der Waals surface area contributed by atoms with Gasteiger partial charge >= 0.3 is 0 Å². The Morgan fingerprint density at radius 1 is 1.17 bits per heavy atom. The van der Waals surface area contributed by atoms with Crippen LogP contribution < -0.4 is 4.90 Å². The van der Waals surface area contributed by atoms with E-state index in [0.717, 1.165) is 56.4 Å². The second-order valence-electron chi connectivity index (χ2n) is 7.54. The standard InChI is InChI=1S/C22H29N5O2S/c1-4-27(5-2)18-11-9-17(10-12-18)20-24-25-21(29-20)30-15-19(28)26(3)22(16-23)13-7-6-8-14-22/h9-12H,4-8,13-15H2,1-3H3. The summed E-state index contributed by atoms with van der Waals surface area (Å²) in [5.74, 6) is 0.514. The first kappa shape index (κ1) is 22.2. The van der Waals surface area contributed by atoms with Gasteiger partial charge in [0.05, 0.1) is 11.8 Å². The lowest BCUT2D eigenvalue weighted by molar-refractivity contribution is -0.131. The summed E-state index contributed by atoms with van der Waals surface area (Å²) < 4.78 is 5.74. The third kappa shape index (κ3) is 4.78. The Bertz CT molecular complexity index is 880. The van der Waals surface area contributed by atoms with Crippen LogP contribution in [0.1, 0.15) is 46.0 Å². The van der Waals surface area contributed by atoms with Crippen LogP contribution in [0.25, 0.3) is 11.5 Å². The number of carbonyl (C=O) groups excluding carboxylic acids is 1. The molecular weight excluding hydrogens is 398 g/mol. The molecule has 3 rings (SSSR count). The van der Waals surface area contributed by atoms with Crippen molar-refractivity contribution in [2.24, 2.45) is 0 Å². The highest BCUT2D eigenvalue weighted by molar-refractivity contribution is 7.99. The number of benzene rings is 1. The number of nitrogens with zero attached hydrogens (tertiary/aromatic N) is 5. The van der Waals surface area contributed by atoms with Crippen molar-refractivity contribution in [2.45, 2.75) is 56.7 Å². The van der Waals surface area contributed by atoms with Crippen molar-refractivity contribution in [1.29, 1.82) is 5.26 Å². The first-order valence-corrected chi connectivity index (χ1v) is 11.5. The van der Waals surface area contributed by atoms with E-state index in [2.05, 4.69) is 35.0 Å². The molecule has 1 saturated carbocycles. The zero-order valence-electron chi connectivity index (χ0n) is 17.9. The number of hydrogen-bond acceptors (Lipinski definition) is 7. The molecule has 0 saturated heterocycles. The van der Waals surface area contributed by atoms with Gasteiger partial charge in [0.1, 0.15) is 5.54 Å². The van der Waals surface area contributed by atoms with Gasteiger partial charge in [-0.15, -0.1) is 10.2 Å². The van der Waals surface area contributed by atoms with Gasteiger partial charge in [-0.1, -0.05) is 31.0 Å². The third-order valence-electron chi connectivity index (χ3n) is 5.87. The Labute approximate surface area is 182 Å². The SMILES string of the molecule is CCN(CC)c1ccc(-c2nnc(SCC(=O)N(C)C3(C#N)CCCCC3)o2)cc1. The molecule has 1 amide bonds. The van der Waals surface area contributed by atoms with Crippen molar-refractivity contribution in [2.75, 3.05) is 30.8 Å². The second-order valence-corrected chi connectivity index (χ2v) is 8.46. The molecule has 1 fully saturated rings. The summed E-state index contributed by atoms with van der Waals surface area (Å²) in [7, 11) is 1.73. The summed E-state index contributed by atoms with van der Waals surface area (Å²) >= 11 is 1.21. The smallest absolute Gasteiger partial charge is 0.277 e. The molecule has 0 unspecified atom stereocenters. The number of aromatic nitrogens is 2. The number of amides is 1. The van der Waals surface area contributed by atoms with Crippen LogP contribution in [0, 0.1) is 11.3 Å². The molecule has 0 radical (unpaired) electrons. The molecule has 8 heteroatoms. The van der Waals surface area contributed by atoms with Crippen LogP contribution in [0.3, 0.4) is 0 Å². The summed E-state index contributed by atoms with van der Waals surface area (Å²) in [6.07, 6.45) is 4.58. The van der Waals surface area contributed by atoms with Crippen molar-refractivity contribution >= 4 is 23.4 Å². The second kappa shape index (κ2) is 9.98. The van der Waals surface area contributed by atoms with Crippen LogP contribution in [0.15, 0.2) is 33.9 Å². The molecule has 1 aromatic heterocycles. The van der Waals surface area contributed by atoms with Gasteiger partial charge in [0, 0.05) is 31.4 Å². The van der Waals surface area contributed by atoms with Gasteiger partial charge in [0.25, 0.3) is 5.22 Å². The zero-order chi connectivity index (χ0) is 21.6. The van der Waals surface area contributed by atoms with E-state index >= 15 is 0 Å². The van der Waals surface area contributed by atoms with Crippen molar-refractivity contribution in [3.63, 3.8) is 0 Å². The molecule has 0 bridgehead atoms. The number of rotatable bonds is 8. The van der Waals surface area contributed by atoms with Crippen molar-refractivity contribution in [3.8, 4) is 17.5 Å². The maximum Gasteiger partial charge on any atom is 0.277 e. The fraction of sp³-hybridized carbons (Fsp3) is 0.545. The predicted octanol–water partition coefficient (Wildman–Crippen LogP) is 4.36. The maximum atomic E-state index is 12.7. The number of carbonyl (C=O) groups is 1. The Balaban J connectivity index is 1.60. The van der Waals surface area contributed by atoms with E-state index in [1.165, 1.54) is 11.8 Å². The van der Waals surface area contributed by atoms with Crippen LogP contribution in [-0.2, 0) is 4.79 Å². The van der Waals surface area contributed by atoms with Crippen LogP contribution >= 0.6 is 11.8 Å². The fourth-order valence-corrected chi connectivity index (χ4v) is 4.58. The van der Waals surface area contributed by atoms with E-state index in [0.29, 0.717) is 11.1 Å². The molecule has 1 aromatic carbocycles. The Hall–Kier alpha value is -2.53. The van der Waals surface area contributed by atoms with E-state index in [9.17, 15) is 10.1 Å². The van der Waals surface area contributed by atoms with Crippen molar-refractivity contribution in [1.82, 2.24) is 15.1 Å². The summed E-state index contributed by atoms with van der Waals surface area (Å²) in [6.45, 7) is 6.16. The van der Waals surface area contributed by atoms with E-state index in [-0.39, 0.29) is 11.7 Å². The van der Waals surface area contributed by atoms with Gasteiger partial charge in [-0.05, 0) is 51.0 Å². The quantitative estimate of drug-likeness (QED) is 0.579. The first-order valence-electron chi connectivity index (χ1n) is 10.5. The third-order valence-corrected chi connectivity index (χ3v) is 6.68. The topological polar surface area (TPSA) is 86.3 Å². The molecule has 2 aromatic rings. The van der Waals surface area contributed by atoms with E-state index < -0.39 is 5.54 Å². The van der Waals surface area contributed by atoms with E-state index in [1.807, 2.05) is 24.3 Å². The largest absolute Gasteiger partial charge is 0.411 e. The summed E-state index contributed by atoms with van der Waals surface area (Å²) in [6, 6.07) is 10.4. The average Bonchev–Trinajstić information content (AvgIpc) is 3.28. The van der Waals surface area contributed by atoms with Gasteiger partial charge in [0.15, 0.2) is 0 Å². The average molecular weight is 428 g/mol. The zero-order valence-corrected chi connectivity index (χ0v) is 18.7. The van der Waals surface area contributed by atoms with Gasteiger partial charge in [0.2, 0.25) is 11.8 Å². The lowest BCUT2D eigenvalue weighted by Crippen LogP contribution is -2.50. The van der Waals surface area contributed by atoms with Gasteiger partial charge in [-0.25, -0.2) is 0 Å². The summed E-state index contributed by atoms with van der Waals surface area (Å²) in [4.78, 5) is 16.6. The minimum atomic E-state index is -0.678. The Morgan fingerprint density at radius 2 is 1.83 bits per heavy atom. The first-order chi connectivity index (χ1) is 14.5. The normalized spacial score (nSPS) is 15.4. The molecule has 30 heavy (non-hydrogen) atoms. The Morgan fingerprint density at radius 3 is 2.43 bits per heavy atom. The van der Waals surface area contributed by atoms with Crippen molar-refractivity contribution < 1.29 is 9.21 Å². The van der Waals surface area contributed by atoms with Gasteiger partial charge < -0.3 is 14.2 Å². The number of thioether (sulfide) groups is 1. The monoisotopic (exact) mass is 427 g/mol. The van der Waals surface area contributed by atoms with Gasteiger partial charge in [-0.3, -0.25) is 4.79 Å². The molecule has 0 N–H and O–H groups in total. The number of nitriles is 1. The lowest BCUT2D eigenvalue weighted by atomic mass is 9.81. The highest BCUT2D eigenvalue weighted by Crippen LogP contribution is 2.33. The summed E-state index contributed by atoms with van der Waals surface area (Å²) in [5.41, 5.74) is 1.32. The molecular formula is C22H29N5O2S. The Kier molecular flexibility index (Phi) is 7.38. The molecule has 0 aliphatic heterocycles. The van der Waals surface area contributed by atoms with Crippen molar-refractivity contribution in [3.05, 3.63) is 24.3 Å². The maximum absolute atomic E-state index is 12.7. The predicted molar refractivity (Wildman–Crippen MR) is 118 cm³/mol. The van der Waals surface area contributed by atoms with Crippen LogP contribution in [-0.4, -0.2) is 52.4 Å². The molecule has 160 valence electrons. The lowest BCUT2D eigenvalue weighted by Gasteiger charge is -2.38. The molecule has 1 aliphatic carbocycles. The summed E-state index contributed by atoms with van der Waals surface area (Å²) in [5, 5.41) is 18.2. The van der Waals surface area contributed by atoms with E-state index in [4.69, 9.17) is 4.42 Å². The molecule has 7 nitrogen and oxygen atoms in total. The number of anilines is 1. The van der Waals surface area contributed by atoms with Crippen LogP contribution in [0.2, 0.25) is 0 Å². The van der Waals surface area contributed by atoms with Gasteiger partial charge in [-0.2, -0.15) is 5.26 Å². The molecule has 1 aliphatic rings. The highest BCUT2D eigenvalue weighted by atomic mass is 32.2. The van der Waals surface area contributed by atoms with Crippen LogP contribution in [0.5, 0.6) is 0 Å². The minimum absolute atomic E-state index is 0.0909. The highest BCUT2D eigenvalue weighted by Gasteiger charge is 2.38. The fourth-order valence-electron chi connectivity index (χ4n) is 3.91. The van der Waals surface area contributed by atoms with Crippen LogP contribution in [0.4, 0.5) is 5.69 Å². The minimum Gasteiger partial charge on any atom is -0.411 e. The molecule has 0 spiro atoms.